The summed E-state index contributed by atoms with van der Waals surface area (Å²) in [6.07, 6.45) is 76.2. The van der Waals surface area contributed by atoms with Crippen LogP contribution in [-0.2, 0) is 14.3 Å². The Kier molecular flexibility index (Phi) is 59.0. The Labute approximate surface area is 443 Å². The third kappa shape index (κ3) is 57.2. The van der Waals surface area contributed by atoms with Crippen LogP contribution in [0.15, 0.2) is 36.5 Å². The summed E-state index contributed by atoms with van der Waals surface area (Å²) in [5, 5.41) is 23.1. The Bertz CT molecular complexity index is 1150. The second-order valence-corrected chi connectivity index (χ2v) is 21.7. The van der Waals surface area contributed by atoms with Crippen LogP contribution in [0.5, 0.6) is 0 Å². The summed E-state index contributed by atoms with van der Waals surface area (Å²) in [4.78, 5) is 24.5. The van der Waals surface area contributed by atoms with Crippen LogP contribution in [0.3, 0.4) is 0 Å². The maximum absolute atomic E-state index is 12.4. The first-order valence-electron chi connectivity index (χ1n) is 31.8. The number of carbonyl (C=O) groups excluding carboxylic acids is 2. The Hall–Kier alpha value is -1.92. The van der Waals surface area contributed by atoms with E-state index in [1.165, 1.54) is 270 Å². The molecule has 0 saturated carbocycles. The molecule has 71 heavy (non-hydrogen) atoms. The van der Waals surface area contributed by atoms with E-state index < -0.39 is 12.1 Å². The summed E-state index contributed by atoms with van der Waals surface area (Å²) < 4.78 is 5.49. The van der Waals surface area contributed by atoms with Crippen molar-refractivity contribution in [2.75, 3.05) is 13.2 Å². The minimum Gasteiger partial charge on any atom is -0.466 e. The van der Waals surface area contributed by atoms with E-state index in [1.807, 2.05) is 6.08 Å². The highest BCUT2D eigenvalue weighted by atomic mass is 16.5. The minimum atomic E-state index is -0.845. The van der Waals surface area contributed by atoms with Crippen molar-refractivity contribution < 1.29 is 24.5 Å². The zero-order chi connectivity index (χ0) is 51.4. The minimum absolute atomic E-state index is 0.00968. The molecule has 2 atom stereocenters. The summed E-state index contributed by atoms with van der Waals surface area (Å²) in [6.45, 7) is 4.90. The van der Waals surface area contributed by atoms with Crippen molar-refractivity contribution in [3.63, 3.8) is 0 Å². The lowest BCUT2D eigenvalue weighted by Crippen LogP contribution is -2.45. The van der Waals surface area contributed by atoms with Gasteiger partial charge in [-0.25, -0.2) is 0 Å². The Morgan fingerprint density at radius 2 is 0.662 bits per heavy atom. The van der Waals surface area contributed by atoms with E-state index in [-0.39, 0.29) is 18.5 Å². The maximum atomic E-state index is 12.4. The smallest absolute Gasteiger partial charge is 0.305 e. The van der Waals surface area contributed by atoms with Gasteiger partial charge in [0.15, 0.2) is 0 Å². The predicted molar refractivity (Wildman–Crippen MR) is 310 cm³/mol. The molecule has 0 aromatic heterocycles. The Morgan fingerprint density at radius 1 is 0.380 bits per heavy atom. The van der Waals surface area contributed by atoms with Crippen molar-refractivity contribution in [2.24, 2.45) is 0 Å². The zero-order valence-corrected chi connectivity index (χ0v) is 47.7. The average molecular weight is 999 g/mol. The quantitative estimate of drug-likeness (QED) is 0.0321. The van der Waals surface area contributed by atoms with Crippen LogP contribution in [0.1, 0.15) is 341 Å². The Morgan fingerprint density at radius 3 is 1.00 bits per heavy atom. The number of esters is 1. The van der Waals surface area contributed by atoms with Crippen LogP contribution in [0.4, 0.5) is 0 Å². The molecule has 0 fully saturated rings. The van der Waals surface area contributed by atoms with Crippen LogP contribution in [0, 0.1) is 0 Å². The van der Waals surface area contributed by atoms with E-state index in [9.17, 15) is 19.8 Å². The SMILES string of the molecule is CCCCCCCC/C=C\CCCCCCCCCC(=O)OCCCCCCCCCCCCCC/C=C\CCCCCCCCCCCC(=O)NC(CO)C(O)/C=C/CCCCCCCCCCCC. The lowest BCUT2D eigenvalue weighted by Gasteiger charge is -2.20. The fourth-order valence-electron chi connectivity index (χ4n) is 9.74. The number of amides is 1. The van der Waals surface area contributed by atoms with Crippen LogP contribution in [0.25, 0.3) is 0 Å². The second-order valence-electron chi connectivity index (χ2n) is 21.7. The number of unbranched alkanes of at least 4 members (excludes halogenated alkanes) is 44. The molecule has 0 radical (unpaired) electrons. The van der Waals surface area contributed by atoms with E-state index in [0.29, 0.717) is 19.4 Å². The van der Waals surface area contributed by atoms with Gasteiger partial charge in [-0.3, -0.25) is 9.59 Å². The number of aliphatic hydroxyl groups excluding tert-OH is 2. The summed E-state index contributed by atoms with van der Waals surface area (Å²) >= 11 is 0. The Balaban J connectivity index is 3.39. The monoisotopic (exact) mass is 998 g/mol. The van der Waals surface area contributed by atoms with Crippen LogP contribution in [-0.4, -0.2) is 47.4 Å². The number of rotatable bonds is 59. The van der Waals surface area contributed by atoms with Gasteiger partial charge in [0.1, 0.15) is 0 Å². The molecule has 6 heteroatoms. The number of ether oxygens (including phenoxy) is 1. The van der Waals surface area contributed by atoms with Crippen LogP contribution in [0.2, 0.25) is 0 Å². The highest BCUT2D eigenvalue weighted by molar-refractivity contribution is 5.76. The molecule has 0 aromatic carbocycles. The number of carbonyl (C=O) groups is 2. The van der Waals surface area contributed by atoms with Gasteiger partial charge < -0.3 is 20.3 Å². The molecule has 0 aliphatic rings. The number of aliphatic hydroxyl groups is 2. The van der Waals surface area contributed by atoms with Gasteiger partial charge in [-0.2, -0.15) is 0 Å². The van der Waals surface area contributed by atoms with Crippen molar-refractivity contribution in [2.45, 2.75) is 353 Å². The third-order valence-corrected chi connectivity index (χ3v) is 14.6. The summed E-state index contributed by atoms with van der Waals surface area (Å²) in [7, 11) is 0. The fourth-order valence-corrected chi connectivity index (χ4v) is 9.74. The fraction of sp³-hybridized carbons (Fsp3) is 0.877. The van der Waals surface area contributed by atoms with E-state index >= 15 is 0 Å². The molecule has 0 heterocycles. The lowest BCUT2D eigenvalue weighted by molar-refractivity contribution is -0.143. The molecule has 0 spiro atoms. The summed E-state index contributed by atoms with van der Waals surface area (Å²) in [5.74, 6) is -0.0616. The van der Waals surface area contributed by atoms with Crippen LogP contribution < -0.4 is 5.32 Å². The molecule has 0 saturated heterocycles. The molecular formula is C65H123NO5. The number of nitrogens with one attached hydrogen (secondary N) is 1. The van der Waals surface area contributed by atoms with E-state index in [0.717, 1.165) is 44.9 Å². The van der Waals surface area contributed by atoms with E-state index in [2.05, 4.69) is 43.5 Å². The first-order valence-corrected chi connectivity index (χ1v) is 31.8. The maximum Gasteiger partial charge on any atom is 0.305 e. The molecule has 3 N–H and O–H groups in total. The highest BCUT2D eigenvalue weighted by Gasteiger charge is 2.18. The molecule has 0 bridgehead atoms. The van der Waals surface area contributed by atoms with Gasteiger partial charge in [-0.1, -0.05) is 281 Å². The van der Waals surface area contributed by atoms with Gasteiger partial charge in [0, 0.05) is 12.8 Å². The number of allylic oxidation sites excluding steroid dienone is 5. The standard InChI is InChI=1S/C65H123NO5/c1-3-5-7-9-11-13-15-17-18-28-32-35-39-43-47-51-55-59-65(70)71-60-56-52-48-44-40-36-33-30-27-25-23-21-19-20-22-24-26-29-31-34-38-42-46-50-54-58-64(69)66-62(61-67)63(68)57-53-49-45-41-37-16-14-12-10-8-6-4-2/h17-18,20,22,53,57,62-63,67-68H,3-16,19,21,23-52,54-56,58-61H2,1-2H3,(H,66,69)/b18-17-,22-20-,57-53+. The van der Waals surface area contributed by atoms with Crippen molar-refractivity contribution in [3.05, 3.63) is 36.5 Å². The first-order chi connectivity index (χ1) is 35.0. The number of hydrogen-bond acceptors (Lipinski definition) is 5. The first kappa shape index (κ1) is 69.1. The molecule has 2 unspecified atom stereocenters. The third-order valence-electron chi connectivity index (χ3n) is 14.6. The number of hydrogen-bond donors (Lipinski definition) is 3. The molecule has 0 aliphatic carbocycles. The van der Waals surface area contributed by atoms with E-state index in [4.69, 9.17) is 4.74 Å². The van der Waals surface area contributed by atoms with Crippen molar-refractivity contribution in [1.82, 2.24) is 5.32 Å². The largest absolute Gasteiger partial charge is 0.466 e. The molecular weight excluding hydrogens is 875 g/mol. The highest BCUT2D eigenvalue weighted by Crippen LogP contribution is 2.17. The molecule has 6 nitrogen and oxygen atoms in total. The average Bonchev–Trinajstić information content (AvgIpc) is 3.37. The predicted octanol–water partition coefficient (Wildman–Crippen LogP) is 20.0. The lowest BCUT2D eigenvalue weighted by atomic mass is 10.0. The van der Waals surface area contributed by atoms with Crippen molar-refractivity contribution in [1.29, 1.82) is 0 Å². The molecule has 1 amide bonds. The topological polar surface area (TPSA) is 95.9 Å². The van der Waals surface area contributed by atoms with Gasteiger partial charge in [-0.05, 0) is 83.5 Å². The van der Waals surface area contributed by atoms with Gasteiger partial charge in [-0.15, -0.1) is 0 Å². The van der Waals surface area contributed by atoms with Gasteiger partial charge in [0.2, 0.25) is 5.91 Å². The van der Waals surface area contributed by atoms with Crippen molar-refractivity contribution in [3.8, 4) is 0 Å². The van der Waals surface area contributed by atoms with E-state index in [1.54, 1.807) is 6.08 Å². The molecule has 0 aliphatic heterocycles. The summed E-state index contributed by atoms with van der Waals surface area (Å²) in [6, 6.07) is -0.629. The molecule has 0 aromatic rings. The zero-order valence-electron chi connectivity index (χ0n) is 47.7. The summed E-state index contributed by atoms with van der Waals surface area (Å²) in [5.41, 5.74) is 0. The van der Waals surface area contributed by atoms with Gasteiger partial charge in [0.05, 0.1) is 25.4 Å². The second kappa shape index (κ2) is 60.6. The van der Waals surface area contributed by atoms with Crippen molar-refractivity contribution >= 4 is 11.9 Å². The van der Waals surface area contributed by atoms with Gasteiger partial charge >= 0.3 is 5.97 Å². The molecule has 0 rings (SSSR count). The van der Waals surface area contributed by atoms with Crippen LogP contribution >= 0.6 is 0 Å². The van der Waals surface area contributed by atoms with Gasteiger partial charge in [0.25, 0.3) is 0 Å². The normalized spacial score (nSPS) is 12.8. The molecule has 418 valence electrons.